The maximum Gasteiger partial charge on any atom is 0.257 e. The highest BCUT2D eigenvalue weighted by Crippen LogP contribution is 2.21. The van der Waals surface area contributed by atoms with Crippen molar-refractivity contribution >= 4 is 22.4 Å². The van der Waals surface area contributed by atoms with E-state index in [2.05, 4.69) is 29.5 Å². The molecule has 0 aliphatic rings. The molecule has 0 aliphatic heterocycles. The second kappa shape index (κ2) is 6.63. The van der Waals surface area contributed by atoms with Gasteiger partial charge in [-0.2, -0.15) is 0 Å². The summed E-state index contributed by atoms with van der Waals surface area (Å²) in [6.45, 7) is 6.98. The Kier molecular flexibility index (Phi) is 4.87. The lowest BCUT2D eigenvalue weighted by atomic mass is 10.1. The minimum atomic E-state index is -0.120. The number of nitrogens with one attached hydrogen (secondary N) is 2. The number of carbonyl (C=O) groups is 1. The molecule has 106 valence electrons. The van der Waals surface area contributed by atoms with Crippen LogP contribution in [0.15, 0.2) is 29.6 Å². The van der Waals surface area contributed by atoms with E-state index in [9.17, 15) is 4.79 Å². The second-order valence-corrected chi connectivity index (χ2v) is 5.54. The van der Waals surface area contributed by atoms with Gasteiger partial charge in [0.1, 0.15) is 0 Å². The van der Waals surface area contributed by atoms with E-state index in [0.717, 1.165) is 17.8 Å². The zero-order valence-electron chi connectivity index (χ0n) is 11.9. The van der Waals surface area contributed by atoms with Crippen molar-refractivity contribution in [3.63, 3.8) is 0 Å². The van der Waals surface area contributed by atoms with Crippen molar-refractivity contribution in [3.8, 4) is 0 Å². The van der Waals surface area contributed by atoms with Gasteiger partial charge in [0.05, 0.1) is 5.69 Å². The van der Waals surface area contributed by atoms with Gasteiger partial charge in [-0.3, -0.25) is 10.1 Å². The van der Waals surface area contributed by atoms with Crippen LogP contribution in [0.1, 0.15) is 41.5 Å². The van der Waals surface area contributed by atoms with Gasteiger partial charge in [-0.25, -0.2) is 4.98 Å². The van der Waals surface area contributed by atoms with Crippen LogP contribution in [0.3, 0.4) is 0 Å². The molecule has 0 saturated heterocycles. The third-order valence-electron chi connectivity index (χ3n) is 2.98. The number of benzene rings is 1. The fourth-order valence-corrected chi connectivity index (χ4v) is 2.71. The zero-order valence-corrected chi connectivity index (χ0v) is 12.8. The van der Waals surface area contributed by atoms with Crippen molar-refractivity contribution < 1.29 is 4.79 Å². The lowest BCUT2D eigenvalue weighted by Crippen LogP contribution is -2.18. The summed E-state index contributed by atoms with van der Waals surface area (Å²) in [5.41, 5.74) is 2.68. The summed E-state index contributed by atoms with van der Waals surface area (Å²) in [4.78, 5) is 16.6. The predicted molar refractivity (Wildman–Crippen MR) is 83.3 cm³/mol. The van der Waals surface area contributed by atoms with Gasteiger partial charge in [0.15, 0.2) is 5.13 Å². The third kappa shape index (κ3) is 3.65. The Bertz CT molecular complexity index is 594. The number of hydrogen-bond donors (Lipinski definition) is 2. The highest BCUT2D eigenvalue weighted by atomic mass is 32.1. The first kappa shape index (κ1) is 14.7. The smallest absolute Gasteiger partial charge is 0.257 e. The van der Waals surface area contributed by atoms with Gasteiger partial charge < -0.3 is 5.32 Å². The summed E-state index contributed by atoms with van der Waals surface area (Å²) in [6, 6.07) is 7.71. The molecule has 4 nitrogen and oxygen atoms in total. The quantitative estimate of drug-likeness (QED) is 0.887. The Balaban J connectivity index is 2.05. The Morgan fingerprint density at radius 2 is 2.25 bits per heavy atom. The van der Waals surface area contributed by atoms with Gasteiger partial charge >= 0.3 is 0 Å². The monoisotopic (exact) mass is 289 g/mol. The van der Waals surface area contributed by atoms with Gasteiger partial charge in [0.25, 0.3) is 5.91 Å². The molecule has 0 saturated carbocycles. The Hall–Kier alpha value is -1.72. The van der Waals surface area contributed by atoms with Gasteiger partial charge in [-0.1, -0.05) is 24.6 Å². The number of carbonyl (C=O) groups excluding carboxylic acids is 1. The summed E-state index contributed by atoms with van der Waals surface area (Å²) < 4.78 is 0. The lowest BCUT2D eigenvalue weighted by Gasteiger charge is -2.08. The van der Waals surface area contributed by atoms with Crippen molar-refractivity contribution in [1.29, 1.82) is 0 Å². The van der Waals surface area contributed by atoms with Gasteiger partial charge in [-0.05, 0) is 32.5 Å². The van der Waals surface area contributed by atoms with Crippen LogP contribution in [0.5, 0.6) is 0 Å². The average molecular weight is 289 g/mol. The van der Waals surface area contributed by atoms with Gasteiger partial charge in [0, 0.05) is 17.0 Å². The highest BCUT2D eigenvalue weighted by Gasteiger charge is 2.12. The van der Waals surface area contributed by atoms with Gasteiger partial charge in [0.2, 0.25) is 0 Å². The average Bonchev–Trinajstić information content (AvgIpc) is 2.87. The summed E-state index contributed by atoms with van der Waals surface area (Å²) in [5, 5.41) is 8.75. The van der Waals surface area contributed by atoms with E-state index in [1.54, 1.807) is 6.07 Å². The third-order valence-corrected chi connectivity index (χ3v) is 3.75. The molecular weight excluding hydrogens is 270 g/mol. The van der Waals surface area contributed by atoms with E-state index >= 15 is 0 Å². The number of nitrogens with zero attached hydrogens (tertiary/aromatic N) is 1. The topological polar surface area (TPSA) is 54.0 Å². The van der Waals surface area contributed by atoms with Crippen LogP contribution in [0, 0.1) is 6.92 Å². The molecule has 0 bridgehead atoms. The summed E-state index contributed by atoms with van der Waals surface area (Å²) in [6.07, 6.45) is 0. The van der Waals surface area contributed by atoms with Crippen molar-refractivity contribution in [3.05, 3.63) is 46.5 Å². The molecule has 1 amide bonds. The minimum Gasteiger partial charge on any atom is -0.309 e. The second-order valence-electron chi connectivity index (χ2n) is 4.68. The molecular formula is C15H19N3OS. The molecule has 2 N–H and O–H groups in total. The van der Waals surface area contributed by atoms with E-state index in [4.69, 9.17) is 0 Å². The summed E-state index contributed by atoms with van der Waals surface area (Å²) in [5.74, 6) is -0.120. The number of amides is 1. The molecule has 0 radical (unpaired) electrons. The number of anilines is 1. The predicted octanol–water partition coefficient (Wildman–Crippen LogP) is 3.37. The summed E-state index contributed by atoms with van der Waals surface area (Å²) in [7, 11) is 0. The first-order valence-corrected chi connectivity index (χ1v) is 7.55. The van der Waals surface area contributed by atoms with Crippen molar-refractivity contribution in [2.75, 3.05) is 11.9 Å². The van der Waals surface area contributed by atoms with E-state index in [0.29, 0.717) is 10.7 Å². The molecule has 0 aliphatic carbocycles. The molecule has 20 heavy (non-hydrogen) atoms. The first-order valence-electron chi connectivity index (χ1n) is 6.67. The van der Waals surface area contributed by atoms with Crippen LogP contribution in [-0.2, 0) is 0 Å². The molecule has 1 heterocycles. The molecule has 1 aromatic heterocycles. The first-order chi connectivity index (χ1) is 9.60. The molecule has 1 aromatic carbocycles. The maximum atomic E-state index is 12.1. The van der Waals surface area contributed by atoms with Gasteiger partial charge in [-0.15, -0.1) is 11.3 Å². The van der Waals surface area contributed by atoms with E-state index in [1.165, 1.54) is 11.3 Å². The van der Waals surface area contributed by atoms with Crippen LogP contribution in [0.2, 0.25) is 0 Å². The van der Waals surface area contributed by atoms with E-state index in [1.807, 2.05) is 30.5 Å². The molecule has 1 atom stereocenters. The number of hydrogen-bond acceptors (Lipinski definition) is 4. The summed E-state index contributed by atoms with van der Waals surface area (Å²) >= 11 is 1.45. The Morgan fingerprint density at radius 1 is 1.45 bits per heavy atom. The van der Waals surface area contributed by atoms with Crippen LogP contribution < -0.4 is 10.6 Å². The zero-order chi connectivity index (χ0) is 14.5. The number of thiazole rings is 1. The minimum absolute atomic E-state index is 0.120. The van der Waals surface area contributed by atoms with E-state index in [-0.39, 0.29) is 11.9 Å². The molecule has 2 aromatic rings. The largest absolute Gasteiger partial charge is 0.309 e. The van der Waals surface area contributed by atoms with Crippen LogP contribution >= 0.6 is 11.3 Å². The number of rotatable bonds is 5. The molecule has 2 rings (SSSR count). The van der Waals surface area contributed by atoms with Crippen LogP contribution in [0.4, 0.5) is 5.13 Å². The Labute approximate surface area is 123 Å². The SMILES string of the molecule is CCNC(C)c1csc(NC(=O)c2cccc(C)c2)n1. The molecule has 5 heteroatoms. The standard InChI is InChI=1S/C15H19N3OS/c1-4-16-11(3)13-9-20-15(17-13)18-14(19)12-7-5-6-10(2)8-12/h5-9,11,16H,4H2,1-3H3,(H,17,18,19). The lowest BCUT2D eigenvalue weighted by molar-refractivity contribution is 0.102. The fourth-order valence-electron chi connectivity index (χ4n) is 1.91. The Morgan fingerprint density at radius 3 is 2.95 bits per heavy atom. The van der Waals surface area contributed by atoms with Crippen molar-refractivity contribution in [1.82, 2.24) is 10.3 Å². The van der Waals surface area contributed by atoms with Crippen molar-refractivity contribution in [2.24, 2.45) is 0 Å². The van der Waals surface area contributed by atoms with Crippen LogP contribution in [-0.4, -0.2) is 17.4 Å². The van der Waals surface area contributed by atoms with Crippen molar-refractivity contribution in [2.45, 2.75) is 26.8 Å². The molecule has 1 unspecified atom stereocenters. The highest BCUT2D eigenvalue weighted by molar-refractivity contribution is 7.14. The normalized spacial score (nSPS) is 12.2. The molecule has 0 spiro atoms. The molecule has 0 fully saturated rings. The number of aryl methyl sites for hydroxylation is 1. The van der Waals surface area contributed by atoms with E-state index < -0.39 is 0 Å². The fraction of sp³-hybridized carbons (Fsp3) is 0.333. The number of aromatic nitrogens is 1. The maximum absolute atomic E-state index is 12.1. The van der Waals surface area contributed by atoms with Crippen LogP contribution in [0.25, 0.3) is 0 Å².